The van der Waals surface area contributed by atoms with Gasteiger partial charge < -0.3 is 10.8 Å². The Hall–Kier alpha value is -1.51. The van der Waals surface area contributed by atoms with Crippen LogP contribution in [0, 0.1) is 0 Å². The lowest BCUT2D eigenvalue weighted by molar-refractivity contribution is 0.477. The second kappa shape index (κ2) is 2.39. The van der Waals surface area contributed by atoms with Crippen LogP contribution in [0.2, 0.25) is 0 Å². The first-order valence-electron chi connectivity index (χ1n) is 2.70. The molecule has 51 valence electrons. The number of aromatic hydroxyl groups is 1. The van der Waals surface area contributed by atoms with Gasteiger partial charge in [0.25, 0.3) is 0 Å². The third kappa shape index (κ3) is 1.07. The quantitative estimate of drug-likeness (QED) is 0.434. The number of anilines is 1. The summed E-state index contributed by atoms with van der Waals surface area (Å²) in [5, 5.41) is 8.93. The molecule has 3 N–H and O–H groups in total. The lowest BCUT2D eigenvalue weighted by Crippen LogP contribution is -1.86. The highest BCUT2D eigenvalue weighted by atomic mass is 16.3. The van der Waals surface area contributed by atoms with Crippen LogP contribution in [0.3, 0.4) is 0 Å². The Morgan fingerprint density at radius 3 is 2.70 bits per heavy atom. The second-order valence-electron chi connectivity index (χ2n) is 1.88. The van der Waals surface area contributed by atoms with Crippen LogP contribution in [0.1, 0.15) is 5.56 Å². The van der Waals surface area contributed by atoms with E-state index in [2.05, 4.69) is 0 Å². The summed E-state index contributed by atoms with van der Waals surface area (Å²) in [6, 6.07) is 4.21. The highest BCUT2D eigenvalue weighted by Crippen LogP contribution is 2.19. The largest absolute Gasteiger partial charge is 0.506 e. The minimum atomic E-state index is -0.0825. The molecule has 0 bridgehead atoms. The number of phenolic OH excluding ortho intramolecular Hbond substituents is 1. The van der Waals surface area contributed by atoms with Gasteiger partial charge in [-0.05, 0) is 18.2 Å². The van der Waals surface area contributed by atoms with Gasteiger partial charge in [0.1, 0.15) is 5.75 Å². The Balaban J connectivity index is 3.16. The van der Waals surface area contributed by atoms with Gasteiger partial charge in [-0.15, -0.1) is 0 Å². The lowest BCUT2D eigenvalue weighted by Gasteiger charge is -1.96. The predicted molar refractivity (Wildman–Crippen MR) is 37.3 cm³/mol. The molecule has 3 heteroatoms. The van der Waals surface area contributed by atoms with Crippen LogP contribution in [0.5, 0.6) is 5.75 Å². The first-order valence-corrected chi connectivity index (χ1v) is 2.70. The maximum Gasteiger partial charge on any atom is 0.233 e. The molecule has 0 aliphatic heterocycles. The molecule has 0 amide bonds. The van der Waals surface area contributed by atoms with E-state index >= 15 is 0 Å². The van der Waals surface area contributed by atoms with Gasteiger partial charge in [-0.2, -0.15) is 0 Å². The fourth-order valence-electron chi connectivity index (χ4n) is 0.607. The Kier molecular flexibility index (Phi) is 1.58. The molecule has 3 nitrogen and oxygen atoms in total. The number of nitrogens with two attached hydrogens (primary N) is 1. The molecule has 0 aromatic heterocycles. The van der Waals surface area contributed by atoms with Crippen LogP contribution in [0.15, 0.2) is 18.2 Å². The lowest BCUT2D eigenvalue weighted by atomic mass is 10.2. The number of benzene rings is 1. The second-order valence-corrected chi connectivity index (χ2v) is 1.88. The van der Waals surface area contributed by atoms with E-state index in [1.165, 1.54) is 18.2 Å². The van der Waals surface area contributed by atoms with E-state index in [9.17, 15) is 4.79 Å². The highest BCUT2D eigenvalue weighted by molar-refractivity contribution is 5.77. The van der Waals surface area contributed by atoms with Crippen molar-refractivity contribution in [1.82, 2.24) is 0 Å². The molecule has 0 aliphatic rings. The van der Waals surface area contributed by atoms with Crippen molar-refractivity contribution in [2.45, 2.75) is 0 Å². The van der Waals surface area contributed by atoms with E-state index in [4.69, 9.17) is 10.8 Å². The first kappa shape index (κ1) is 6.61. The Labute approximate surface area is 58.1 Å². The third-order valence-corrected chi connectivity index (χ3v) is 1.15. The minimum absolute atomic E-state index is 0.0825. The summed E-state index contributed by atoms with van der Waals surface area (Å²) >= 11 is 0. The molecule has 0 heterocycles. The molecule has 0 aliphatic carbocycles. The molecule has 1 rings (SSSR count). The standard InChI is InChI=1S/C7H6NO2/c8-6-2-1-5(4-9)3-7(6)10/h1-3,10H,8H2. The average Bonchev–Trinajstić information content (AvgIpc) is 1.95. The van der Waals surface area contributed by atoms with E-state index in [1.54, 1.807) is 6.29 Å². The van der Waals surface area contributed by atoms with Crippen LogP contribution in [-0.4, -0.2) is 11.4 Å². The molecule has 1 radical (unpaired) electrons. The summed E-state index contributed by atoms with van der Waals surface area (Å²) in [7, 11) is 0. The highest BCUT2D eigenvalue weighted by Gasteiger charge is 1.96. The molecule has 1 aromatic rings. The van der Waals surface area contributed by atoms with Crippen molar-refractivity contribution in [3.8, 4) is 5.75 Å². The van der Waals surface area contributed by atoms with Crippen LogP contribution in [0.4, 0.5) is 5.69 Å². The van der Waals surface area contributed by atoms with E-state index in [-0.39, 0.29) is 11.4 Å². The molecular formula is C7H6NO2. The first-order chi connectivity index (χ1) is 4.74. The van der Waals surface area contributed by atoms with Crippen LogP contribution in [-0.2, 0) is 4.79 Å². The fourth-order valence-corrected chi connectivity index (χ4v) is 0.607. The van der Waals surface area contributed by atoms with Gasteiger partial charge in [0.15, 0.2) is 0 Å². The van der Waals surface area contributed by atoms with Crippen molar-refractivity contribution in [3.63, 3.8) is 0 Å². The van der Waals surface area contributed by atoms with Crippen molar-refractivity contribution in [2.24, 2.45) is 0 Å². The Morgan fingerprint density at radius 2 is 2.20 bits per heavy atom. The SMILES string of the molecule is Nc1ccc([C]=O)cc1O. The van der Waals surface area contributed by atoms with E-state index in [1.807, 2.05) is 0 Å². The number of nitrogen functional groups attached to an aromatic ring is 1. The van der Waals surface area contributed by atoms with Crippen LogP contribution < -0.4 is 5.73 Å². The summed E-state index contributed by atoms with van der Waals surface area (Å²) in [4.78, 5) is 9.99. The monoisotopic (exact) mass is 136 g/mol. The summed E-state index contributed by atoms with van der Waals surface area (Å²) in [5.41, 5.74) is 5.82. The number of hydrogen-bond acceptors (Lipinski definition) is 3. The van der Waals surface area contributed by atoms with E-state index in [0.29, 0.717) is 5.56 Å². The van der Waals surface area contributed by atoms with Gasteiger partial charge in [0.2, 0.25) is 6.29 Å². The molecular weight excluding hydrogens is 130 g/mol. The maximum absolute atomic E-state index is 9.99. The zero-order valence-electron chi connectivity index (χ0n) is 5.16. The number of carbonyl (C=O) groups excluding carboxylic acids is 1. The molecule has 0 saturated carbocycles. The van der Waals surface area contributed by atoms with Gasteiger partial charge in [-0.3, -0.25) is 4.79 Å². The number of rotatable bonds is 1. The van der Waals surface area contributed by atoms with Gasteiger partial charge in [-0.25, -0.2) is 0 Å². The predicted octanol–water partition coefficient (Wildman–Crippen LogP) is 0.432. The third-order valence-electron chi connectivity index (χ3n) is 1.15. The molecule has 1 aromatic carbocycles. The van der Waals surface area contributed by atoms with Crippen LogP contribution in [0.25, 0.3) is 0 Å². The van der Waals surface area contributed by atoms with Crippen molar-refractivity contribution < 1.29 is 9.90 Å². The van der Waals surface area contributed by atoms with Crippen LogP contribution >= 0.6 is 0 Å². The van der Waals surface area contributed by atoms with E-state index in [0.717, 1.165) is 0 Å². The smallest absolute Gasteiger partial charge is 0.233 e. The van der Waals surface area contributed by atoms with Crippen molar-refractivity contribution in [2.75, 3.05) is 5.73 Å². The molecule has 0 fully saturated rings. The normalized spacial score (nSPS) is 9.20. The molecule has 0 spiro atoms. The Morgan fingerprint density at radius 1 is 1.50 bits per heavy atom. The minimum Gasteiger partial charge on any atom is -0.506 e. The Bertz CT molecular complexity index is 258. The topological polar surface area (TPSA) is 63.3 Å². The molecule has 10 heavy (non-hydrogen) atoms. The molecule has 0 unspecified atom stereocenters. The maximum atomic E-state index is 9.99. The van der Waals surface area contributed by atoms with Crippen molar-refractivity contribution in [3.05, 3.63) is 23.8 Å². The van der Waals surface area contributed by atoms with Gasteiger partial charge >= 0.3 is 0 Å². The summed E-state index contributed by atoms with van der Waals surface area (Å²) < 4.78 is 0. The molecule has 0 saturated heterocycles. The summed E-state index contributed by atoms with van der Waals surface area (Å²) in [5.74, 6) is -0.0825. The zero-order valence-corrected chi connectivity index (χ0v) is 5.16. The zero-order chi connectivity index (χ0) is 7.56. The summed E-state index contributed by atoms with van der Waals surface area (Å²) in [6.07, 6.45) is 1.63. The van der Waals surface area contributed by atoms with E-state index < -0.39 is 0 Å². The van der Waals surface area contributed by atoms with Crippen molar-refractivity contribution in [1.29, 1.82) is 0 Å². The summed E-state index contributed by atoms with van der Waals surface area (Å²) in [6.45, 7) is 0. The van der Waals surface area contributed by atoms with Gasteiger partial charge in [0.05, 0.1) is 5.69 Å². The van der Waals surface area contributed by atoms with Crippen molar-refractivity contribution >= 4 is 12.0 Å². The number of hydrogen-bond donors (Lipinski definition) is 2. The van der Waals surface area contributed by atoms with Gasteiger partial charge in [-0.1, -0.05) is 0 Å². The van der Waals surface area contributed by atoms with Gasteiger partial charge in [0, 0.05) is 5.56 Å². The average molecular weight is 136 g/mol. The number of phenols is 1. The fraction of sp³-hybridized carbons (Fsp3) is 0. The molecule has 0 atom stereocenters.